The van der Waals surface area contributed by atoms with Crippen LogP contribution in [0.4, 0.5) is 4.39 Å². The number of hydrogen-bond acceptors (Lipinski definition) is 2. The molecule has 0 N–H and O–H groups in total. The van der Waals surface area contributed by atoms with Crippen LogP contribution in [-0.4, -0.2) is 14.7 Å². The van der Waals surface area contributed by atoms with Crippen molar-refractivity contribution in [2.45, 2.75) is 10.8 Å². The lowest BCUT2D eigenvalue weighted by Gasteiger charge is -2.01. The van der Waals surface area contributed by atoms with Crippen LogP contribution in [0.25, 0.3) is 0 Å². The average molecular weight is 223 g/mol. The van der Waals surface area contributed by atoms with Crippen LogP contribution >= 0.6 is 11.6 Å². The molecule has 0 bridgehead atoms. The third kappa shape index (κ3) is 2.42. The molecule has 0 aliphatic heterocycles. The van der Waals surface area contributed by atoms with Crippen LogP contribution in [0.5, 0.6) is 0 Å². The fourth-order valence-electron chi connectivity index (χ4n) is 0.867. The Hall–Kier alpha value is -0.610. The van der Waals surface area contributed by atoms with Crippen LogP contribution in [0.2, 0.25) is 0 Å². The summed E-state index contributed by atoms with van der Waals surface area (Å²) in [4.78, 5) is -0.0288. The molecule has 0 saturated heterocycles. The van der Waals surface area contributed by atoms with Crippen LogP contribution in [-0.2, 0) is 15.7 Å². The van der Waals surface area contributed by atoms with Crippen molar-refractivity contribution in [2.75, 3.05) is 6.26 Å². The van der Waals surface area contributed by atoms with Crippen molar-refractivity contribution in [2.24, 2.45) is 0 Å². The molecular weight excluding hydrogens is 215 g/mol. The number of hydrogen-bond donors (Lipinski definition) is 0. The van der Waals surface area contributed by atoms with E-state index in [1.165, 1.54) is 12.1 Å². The number of sulfone groups is 1. The molecule has 0 unspecified atom stereocenters. The maximum absolute atomic E-state index is 13.0. The minimum atomic E-state index is -3.33. The second-order valence-electron chi connectivity index (χ2n) is 2.66. The van der Waals surface area contributed by atoms with Crippen LogP contribution in [0.3, 0.4) is 0 Å². The number of benzene rings is 1. The quantitative estimate of drug-likeness (QED) is 0.717. The molecule has 0 aliphatic carbocycles. The molecule has 1 aromatic rings. The van der Waals surface area contributed by atoms with Crippen LogP contribution in [0.1, 0.15) is 5.56 Å². The van der Waals surface area contributed by atoms with Gasteiger partial charge in [0.25, 0.3) is 0 Å². The lowest BCUT2D eigenvalue weighted by atomic mass is 10.2. The first-order valence-corrected chi connectivity index (χ1v) is 5.92. The van der Waals surface area contributed by atoms with Gasteiger partial charge in [-0.3, -0.25) is 0 Å². The van der Waals surface area contributed by atoms with E-state index in [2.05, 4.69) is 0 Å². The summed E-state index contributed by atoms with van der Waals surface area (Å²) < 4.78 is 35.0. The van der Waals surface area contributed by atoms with Gasteiger partial charge in [0.2, 0.25) is 0 Å². The van der Waals surface area contributed by atoms with E-state index in [9.17, 15) is 12.8 Å². The Bertz CT molecular complexity index is 414. The molecule has 0 saturated carbocycles. The van der Waals surface area contributed by atoms with E-state index in [1.807, 2.05) is 0 Å². The molecule has 72 valence electrons. The van der Waals surface area contributed by atoms with Gasteiger partial charge in [-0.25, -0.2) is 12.8 Å². The van der Waals surface area contributed by atoms with Gasteiger partial charge in [0.15, 0.2) is 9.84 Å². The molecule has 0 heterocycles. The topological polar surface area (TPSA) is 34.1 Å². The second kappa shape index (κ2) is 3.64. The van der Waals surface area contributed by atoms with Crippen LogP contribution < -0.4 is 0 Å². The summed E-state index contributed by atoms with van der Waals surface area (Å²) in [7, 11) is -3.33. The molecule has 2 nitrogen and oxygen atoms in total. The summed E-state index contributed by atoms with van der Waals surface area (Å²) in [5.74, 6) is -0.548. The average Bonchev–Trinajstić information content (AvgIpc) is 2.02. The molecular formula is C8H8ClFO2S. The largest absolute Gasteiger partial charge is 0.224 e. The number of halogens is 2. The van der Waals surface area contributed by atoms with Gasteiger partial charge in [0.1, 0.15) is 5.82 Å². The van der Waals surface area contributed by atoms with Gasteiger partial charge in [-0.05, 0) is 12.1 Å². The van der Waals surface area contributed by atoms with Crippen molar-refractivity contribution in [3.05, 3.63) is 29.6 Å². The molecule has 0 spiro atoms. The van der Waals surface area contributed by atoms with Crippen molar-refractivity contribution < 1.29 is 12.8 Å². The van der Waals surface area contributed by atoms with Gasteiger partial charge in [0, 0.05) is 11.8 Å². The Kier molecular flexibility index (Phi) is 2.93. The fourth-order valence-corrected chi connectivity index (χ4v) is 1.72. The predicted octanol–water partition coefficient (Wildman–Crippen LogP) is 1.97. The normalized spacial score (nSPS) is 11.6. The van der Waals surface area contributed by atoms with E-state index in [0.29, 0.717) is 5.56 Å². The molecule has 0 fully saturated rings. The molecule has 1 rings (SSSR count). The zero-order valence-electron chi connectivity index (χ0n) is 6.92. The monoisotopic (exact) mass is 222 g/mol. The van der Waals surface area contributed by atoms with E-state index in [1.54, 1.807) is 0 Å². The van der Waals surface area contributed by atoms with Crippen molar-refractivity contribution in [1.82, 2.24) is 0 Å². The zero-order chi connectivity index (χ0) is 10.1. The lowest BCUT2D eigenvalue weighted by molar-refractivity contribution is 0.593. The van der Waals surface area contributed by atoms with Crippen molar-refractivity contribution in [3.63, 3.8) is 0 Å². The van der Waals surface area contributed by atoms with Crippen LogP contribution in [0.15, 0.2) is 23.1 Å². The third-order valence-corrected chi connectivity index (χ3v) is 2.99. The minimum Gasteiger partial charge on any atom is -0.224 e. The molecule has 0 aromatic heterocycles. The smallest absolute Gasteiger partial charge is 0.175 e. The highest BCUT2D eigenvalue weighted by Gasteiger charge is 2.09. The van der Waals surface area contributed by atoms with E-state index < -0.39 is 15.7 Å². The van der Waals surface area contributed by atoms with Crippen molar-refractivity contribution in [3.8, 4) is 0 Å². The Morgan fingerprint density at radius 3 is 2.46 bits per heavy atom. The summed E-state index contributed by atoms with van der Waals surface area (Å²) in [5.41, 5.74) is 0.300. The summed E-state index contributed by atoms with van der Waals surface area (Å²) in [6, 6.07) is 3.70. The second-order valence-corrected chi connectivity index (χ2v) is 4.94. The minimum absolute atomic E-state index is 0.0288. The number of rotatable bonds is 2. The van der Waals surface area contributed by atoms with Gasteiger partial charge in [0.05, 0.1) is 10.8 Å². The first-order valence-electron chi connectivity index (χ1n) is 3.49. The van der Waals surface area contributed by atoms with E-state index in [-0.39, 0.29) is 10.8 Å². The summed E-state index contributed by atoms with van der Waals surface area (Å²) >= 11 is 5.41. The molecule has 5 heteroatoms. The van der Waals surface area contributed by atoms with Crippen molar-refractivity contribution in [1.29, 1.82) is 0 Å². The highest BCUT2D eigenvalue weighted by Crippen LogP contribution is 2.15. The Balaban J connectivity index is 3.26. The third-order valence-electron chi connectivity index (χ3n) is 1.60. The Labute approximate surface area is 81.3 Å². The van der Waals surface area contributed by atoms with Gasteiger partial charge >= 0.3 is 0 Å². The number of alkyl halides is 1. The van der Waals surface area contributed by atoms with Gasteiger partial charge in [-0.1, -0.05) is 6.07 Å². The SMILES string of the molecule is CS(=O)(=O)c1ccc(CCl)c(F)c1. The Morgan fingerprint density at radius 1 is 1.46 bits per heavy atom. The summed E-state index contributed by atoms with van der Waals surface area (Å²) in [5, 5.41) is 0. The highest BCUT2D eigenvalue weighted by atomic mass is 35.5. The predicted molar refractivity (Wildman–Crippen MR) is 49.1 cm³/mol. The summed E-state index contributed by atoms with van der Waals surface area (Å²) in [6.45, 7) is 0. The maximum atomic E-state index is 13.0. The van der Waals surface area contributed by atoms with E-state index in [4.69, 9.17) is 11.6 Å². The molecule has 1 aromatic carbocycles. The fraction of sp³-hybridized carbons (Fsp3) is 0.250. The lowest BCUT2D eigenvalue weighted by Crippen LogP contribution is -1.98. The van der Waals surface area contributed by atoms with Gasteiger partial charge in [-0.2, -0.15) is 0 Å². The molecule has 0 radical (unpaired) electrons. The molecule has 0 aliphatic rings. The van der Waals surface area contributed by atoms with Gasteiger partial charge < -0.3 is 0 Å². The first kappa shape index (κ1) is 10.5. The molecule has 0 atom stereocenters. The molecule has 13 heavy (non-hydrogen) atoms. The maximum Gasteiger partial charge on any atom is 0.175 e. The van der Waals surface area contributed by atoms with E-state index in [0.717, 1.165) is 12.3 Å². The van der Waals surface area contributed by atoms with Crippen LogP contribution in [0, 0.1) is 5.82 Å². The molecule has 0 amide bonds. The first-order chi connectivity index (χ1) is 5.95. The van der Waals surface area contributed by atoms with E-state index >= 15 is 0 Å². The highest BCUT2D eigenvalue weighted by molar-refractivity contribution is 7.90. The standard InChI is InChI=1S/C8H8ClFO2S/c1-13(11,12)7-3-2-6(5-9)8(10)4-7/h2-4H,5H2,1H3. The van der Waals surface area contributed by atoms with Gasteiger partial charge in [-0.15, -0.1) is 11.6 Å². The summed E-state index contributed by atoms with van der Waals surface area (Å²) in [6.07, 6.45) is 1.03. The Morgan fingerprint density at radius 2 is 2.08 bits per heavy atom. The zero-order valence-corrected chi connectivity index (χ0v) is 8.49. The van der Waals surface area contributed by atoms with Crippen molar-refractivity contribution >= 4 is 21.4 Å².